The Labute approximate surface area is 126 Å². The van der Waals surface area contributed by atoms with E-state index in [9.17, 15) is 5.26 Å². The van der Waals surface area contributed by atoms with Gasteiger partial charge in [0, 0.05) is 5.56 Å². The summed E-state index contributed by atoms with van der Waals surface area (Å²) >= 11 is 0. The summed E-state index contributed by atoms with van der Waals surface area (Å²) in [6.45, 7) is 4.07. The Morgan fingerprint density at radius 3 is 2.62 bits per heavy atom. The van der Waals surface area contributed by atoms with E-state index in [1.165, 1.54) is 0 Å². The lowest BCUT2D eigenvalue weighted by atomic mass is 10.0. The molecule has 3 heteroatoms. The van der Waals surface area contributed by atoms with Gasteiger partial charge < -0.3 is 10.1 Å². The second-order valence-corrected chi connectivity index (χ2v) is 4.96. The number of hydrogen-bond donors (Lipinski definition) is 1. The minimum Gasteiger partial charge on any atom is -0.496 e. The second-order valence-electron chi connectivity index (χ2n) is 4.96. The van der Waals surface area contributed by atoms with E-state index in [0.717, 1.165) is 29.0 Å². The van der Waals surface area contributed by atoms with E-state index < -0.39 is 0 Å². The summed E-state index contributed by atoms with van der Waals surface area (Å²) in [5.74, 6) is 0.864. The standard InChI is InChI=1S/C18H20N2O/c1-4-16(14-9-5-6-11-18(14)21-3)20-17-10-7-8-13(2)15(17)12-19/h5-11,16,20H,4H2,1-3H3. The second kappa shape index (κ2) is 6.81. The molecule has 0 radical (unpaired) electrons. The molecule has 3 nitrogen and oxygen atoms in total. The predicted octanol–water partition coefficient (Wildman–Crippen LogP) is 4.44. The van der Waals surface area contributed by atoms with Crippen LogP contribution in [0.1, 0.15) is 36.1 Å². The molecule has 0 aliphatic heterocycles. The normalized spacial score (nSPS) is 11.5. The van der Waals surface area contributed by atoms with E-state index in [1.807, 2.05) is 43.3 Å². The fourth-order valence-electron chi connectivity index (χ4n) is 2.48. The van der Waals surface area contributed by atoms with E-state index in [2.05, 4.69) is 24.4 Å². The highest BCUT2D eigenvalue weighted by molar-refractivity contribution is 5.61. The van der Waals surface area contributed by atoms with Crippen molar-refractivity contribution in [2.24, 2.45) is 0 Å². The number of hydrogen-bond acceptors (Lipinski definition) is 3. The lowest BCUT2D eigenvalue weighted by Crippen LogP contribution is -2.12. The van der Waals surface area contributed by atoms with Gasteiger partial charge in [0.05, 0.1) is 24.4 Å². The minimum atomic E-state index is 0.107. The van der Waals surface area contributed by atoms with Gasteiger partial charge in [0.1, 0.15) is 11.8 Å². The first-order valence-corrected chi connectivity index (χ1v) is 7.10. The summed E-state index contributed by atoms with van der Waals surface area (Å²) in [6.07, 6.45) is 0.902. The Morgan fingerprint density at radius 2 is 1.95 bits per heavy atom. The number of benzene rings is 2. The molecule has 2 rings (SSSR count). The molecule has 0 heterocycles. The fraction of sp³-hybridized carbons (Fsp3) is 0.278. The van der Waals surface area contributed by atoms with Crippen LogP contribution in [0.5, 0.6) is 5.75 Å². The molecule has 2 aromatic rings. The van der Waals surface area contributed by atoms with E-state index in [1.54, 1.807) is 7.11 Å². The largest absolute Gasteiger partial charge is 0.496 e. The monoisotopic (exact) mass is 280 g/mol. The number of nitrogens with zero attached hydrogens (tertiary/aromatic N) is 1. The molecule has 0 aliphatic rings. The van der Waals surface area contributed by atoms with E-state index in [0.29, 0.717) is 5.56 Å². The molecule has 2 aromatic carbocycles. The number of aryl methyl sites for hydroxylation is 1. The van der Waals surface area contributed by atoms with Gasteiger partial charge in [0.25, 0.3) is 0 Å². The molecule has 0 saturated heterocycles. The van der Waals surface area contributed by atoms with Crippen LogP contribution in [0.15, 0.2) is 42.5 Å². The van der Waals surface area contributed by atoms with Crippen LogP contribution in [0.2, 0.25) is 0 Å². The van der Waals surface area contributed by atoms with Crippen LogP contribution >= 0.6 is 0 Å². The van der Waals surface area contributed by atoms with Gasteiger partial charge in [-0.3, -0.25) is 0 Å². The third kappa shape index (κ3) is 3.17. The molecule has 0 bridgehead atoms. The third-order valence-corrected chi connectivity index (χ3v) is 3.64. The van der Waals surface area contributed by atoms with Crippen molar-refractivity contribution in [2.45, 2.75) is 26.3 Å². The Kier molecular flexibility index (Phi) is 4.84. The molecular weight excluding hydrogens is 260 g/mol. The van der Waals surface area contributed by atoms with Crippen molar-refractivity contribution in [1.29, 1.82) is 5.26 Å². The first kappa shape index (κ1) is 14.9. The molecular formula is C18H20N2O. The number of ether oxygens (including phenoxy) is 1. The summed E-state index contributed by atoms with van der Waals surface area (Å²) in [6, 6.07) is 16.2. The summed E-state index contributed by atoms with van der Waals surface area (Å²) in [5, 5.41) is 12.8. The maximum atomic E-state index is 9.34. The summed E-state index contributed by atoms with van der Waals surface area (Å²) < 4.78 is 5.44. The molecule has 1 atom stereocenters. The van der Waals surface area contributed by atoms with Crippen molar-refractivity contribution in [3.8, 4) is 11.8 Å². The Morgan fingerprint density at radius 1 is 1.19 bits per heavy atom. The van der Waals surface area contributed by atoms with Crippen molar-refractivity contribution >= 4 is 5.69 Å². The average Bonchev–Trinajstić information content (AvgIpc) is 2.52. The van der Waals surface area contributed by atoms with Crippen LogP contribution < -0.4 is 10.1 Å². The van der Waals surface area contributed by atoms with Gasteiger partial charge in [0.2, 0.25) is 0 Å². The minimum absolute atomic E-state index is 0.107. The van der Waals surface area contributed by atoms with Crippen LogP contribution in [-0.4, -0.2) is 7.11 Å². The van der Waals surface area contributed by atoms with Gasteiger partial charge in [-0.05, 0) is 31.0 Å². The van der Waals surface area contributed by atoms with Crippen LogP contribution in [0.4, 0.5) is 5.69 Å². The molecule has 0 fully saturated rings. The highest BCUT2D eigenvalue weighted by Gasteiger charge is 2.15. The van der Waals surface area contributed by atoms with Gasteiger partial charge in [-0.25, -0.2) is 0 Å². The van der Waals surface area contributed by atoms with Crippen molar-refractivity contribution in [2.75, 3.05) is 12.4 Å². The topological polar surface area (TPSA) is 45.0 Å². The molecule has 0 amide bonds. The molecule has 108 valence electrons. The maximum absolute atomic E-state index is 9.34. The smallest absolute Gasteiger partial charge is 0.124 e. The van der Waals surface area contributed by atoms with Crippen LogP contribution in [-0.2, 0) is 0 Å². The zero-order valence-electron chi connectivity index (χ0n) is 12.7. The SMILES string of the molecule is CCC(Nc1cccc(C)c1C#N)c1ccccc1OC. The Bertz CT molecular complexity index is 659. The molecule has 21 heavy (non-hydrogen) atoms. The van der Waals surface area contributed by atoms with Crippen molar-refractivity contribution < 1.29 is 4.74 Å². The molecule has 1 unspecified atom stereocenters. The van der Waals surface area contributed by atoms with Crippen LogP contribution in [0.25, 0.3) is 0 Å². The highest BCUT2D eigenvalue weighted by atomic mass is 16.5. The summed E-state index contributed by atoms with van der Waals surface area (Å²) in [5.41, 5.74) is 3.66. The van der Waals surface area contributed by atoms with Crippen LogP contribution in [0.3, 0.4) is 0 Å². The van der Waals surface area contributed by atoms with Gasteiger partial charge in [-0.15, -0.1) is 0 Å². The van der Waals surface area contributed by atoms with Crippen molar-refractivity contribution in [3.05, 3.63) is 59.2 Å². The lowest BCUT2D eigenvalue weighted by molar-refractivity contribution is 0.406. The number of methoxy groups -OCH3 is 1. The van der Waals surface area contributed by atoms with Gasteiger partial charge >= 0.3 is 0 Å². The first-order valence-electron chi connectivity index (χ1n) is 7.10. The molecule has 0 aliphatic carbocycles. The third-order valence-electron chi connectivity index (χ3n) is 3.64. The lowest BCUT2D eigenvalue weighted by Gasteiger charge is -2.22. The van der Waals surface area contributed by atoms with E-state index >= 15 is 0 Å². The number of para-hydroxylation sites is 1. The fourth-order valence-corrected chi connectivity index (χ4v) is 2.48. The van der Waals surface area contributed by atoms with E-state index in [4.69, 9.17) is 4.74 Å². The molecule has 1 N–H and O–H groups in total. The van der Waals surface area contributed by atoms with Gasteiger partial charge in [0.15, 0.2) is 0 Å². The van der Waals surface area contributed by atoms with Crippen molar-refractivity contribution in [1.82, 2.24) is 0 Å². The average molecular weight is 280 g/mol. The predicted molar refractivity (Wildman–Crippen MR) is 85.5 cm³/mol. The Balaban J connectivity index is 2.37. The van der Waals surface area contributed by atoms with Gasteiger partial charge in [-0.1, -0.05) is 37.3 Å². The van der Waals surface area contributed by atoms with Gasteiger partial charge in [-0.2, -0.15) is 5.26 Å². The number of nitrogens with one attached hydrogen (secondary N) is 1. The van der Waals surface area contributed by atoms with Crippen molar-refractivity contribution in [3.63, 3.8) is 0 Å². The number of anilines is 1. The molecule has 0 spiro atoms. The summed E-state index contributed by atoms with van der Waals surface area (Å²) in [7, 11) is 1.68. The van der Waals surface area contributed by atoms with E-state index in [-0.39, 0.29) is 6.04 Å². The summed E-state index contributed by atoms with van der Waals surface area (Å²) in [4.78, 5) is 0. The number of nitriles is 1. The molecule has 0 saturated carbocycles. The Hall–Kier alpha value is -2.47. The number of rotatable bonds is 5. The highest BCUT2D eigenvalue weighted by Crippen LogP contribution is 2.31. The van der Waals surface area contributed by atoms with Crippen LogP contribution in [0, 0.1) is 18.3 Å². The quantitative estimate of drug-likeness (QED) is 0.880. The zero-order valence-corrected chi connectivity index (χ0v) is 12.7. The first-order chi connectivity index (χ1) is 10.2. The zero-order chi connectivity index (χ0) is 15.2. The molecule has 0 aromatic heterocycles. The maximum Gasteiger partial charge on any atom is 0.124 e.